The molecule has 0 aromatic rings. The fourth-order valence-electron chi connectivity index (χ4n) is 11.2. The second-order valence-electron chi connectivity index (χ2n) is 28.0. The zero-order chi connectivity index (χ0) is 70.9. The summed E-state index contributed by atoms with van der Waals surface area (Å²) in [6, 6.07) is 0. The van der Waals surface area contributed by atoms with E-state index >= 15 is 0 Å². The molecule has 7 atom stereocenters. The van der Waals surface area contributed by atoms with Crippen molar-refractivity contribution >= 4 is 39.5 Å². The summed E-state index contributed by atoms with van der Waals surface area (Å²) < 4.78 is 68.4. The van der Waals surface area contributed by atoms with Crippen LogP contribution in [0.5, 0.6) is 0 Å². The quantitative estimate of drug-likeness (QED) is 0.0169. The van der Waals surface area contributed by atoms with E-state index in [0.29, 0.717) is 31.6 Å². The van der Waals surface area contributed by atoms with Gasteiger partial charge in [0.25, 0.3) is 0 Å². The van der Waals surface area contributed by atoms with Gasteiger partial charge in [-0.15, -0.1) is 0 Å². The third kappa shape index (κ3) is 67.4. The highest BCUT2D eigenvalue weighted by Gasteiger charge is 2.30. The highest BCUT2D eigenvalue weighted by Crippen LogP contribution is 2.45. The van der Waals surface area contributed by atoms with E-state index < -0.39 is 97.5 Å². The van der Waals surface area contributed by atoms with E-state index in [9.17, 15) is 43.2 Å². The van der Waals surface area contributed by atoms with E-state index in [1.54, 1.807) is 0 Å². The van der Waals surface area contributed by atoms with Crippen LogP contribution >= 0.6 is 15.6 Å². The van der Waals surface area contributed by atoms with Gasteiger partial charge in [-0.2, -0.15) is 0 Å². The Balaban J connectivity index is 5.19. The molecule has 0 rings (SSSR count). The van der Waals surface area contributed by atoms with E-state index in [1.807, 2.05) is 0 Å². The first kappa shape index (κ1) is 93.5. The van der Waals surface area contributed by atoms with Crippen LogP contribution in [0.15, 0.2) is 24.3 Å². The molecule has 0 heterocycles. The molecular weight excluding hydrogens is 1260 g/mol. The lowest BCUT2D eigenvalue weighted by atomic mass is 9.99. The summed E-state index contributed by atoms with van der Waals surface area (Å²) in [6.07, 6.45) is 56.6. The Kier molecular flexibility index (Phi) is 65.3. The van der Waals surface area contributed by atoms with Gasteiger partial charge in [0, 0.05) is 25.7 Å². The number of phosphoric ester groups is 2. The molecule has 19 heteroatoms. The van der Waals surface area contributed by atoms with Crippen LogP contribution in [0.2, 0.25) is 0 Å². The number of carbonyl (C=O) groups is 4. The molecule has 0 aliphatic carbocycles. The van der Waals surface area contributed by atoms with E-state index in [2.05, 4.69) is 72.8 Å². The predicted octanol–water partition coefficient (Wildman–Crippen LogP) is 22.1. The topological polar surface area (TPSA) is 237 Å². The van der Waals surface area contributed by atoms with Gasteiger partial charge in [0.2, 0.25) is 0 Å². The lowest BCUT2D eigenvalue weighted by Gasteiger charge is -2.21. The van der Waals surface area contributed by atoms with Crippen LogP contribution in [0.1, 0.15) is 370 Å². The maximum Gasteiger partial charge on any atom is 0.472 e. The Morgan fingerprint density at radius 3 is 0.927 bits per heavy atom. The average Bonchev–Trinajstić information content (AvgIpc) is 1.53. The molecule has 0 aliphatic heterocycles. The lowest BCUT2D eigenvalue weighted by molar-refractivity contribution is -0.161. The SMILES string of the molecule is CCCCCC/C=C\C=C/CCCCCCCC(=O)O[C@H](COC(=O)CCCCCCCCC(C)C)COP(=O)(O)OC[C@@H](O)COP(=O)(O)OC[C@@H](COC(=O)CCCCCCCCC(C)CC)OC(=O)CCCCCCCCCCCCCCCCCCCCC(C)CC. The molecule has 0 aromatic carbocycles. The van der Waals surface area contributed by atoms with Crippen molar-refractivity contribution in [2.24, 2.45) is 17.8 Å². The van der Waals surface area contributed by atoms with Gasteiger partial charge >= 0.3 is 39.5 Å². The fourth-order valence-corrected chi connectivity index (χ4v) is 12.8. The first-order valence-electron chi connectivity index (χ1n) is 39.2. The number of aliphatic hydroxyl groups excluding tert-OH is 1. The summed E-state index contributed by atoms with van der Waals surface area (Å²) in [5.74, 6) is 0.122. The molecule has 96 heavy (non-hydrogen) atoms. The van der Waals surface area contributed by atoms with Crippen molar-refractivity contribution in [2.45, 2.75) is 388 Å². The van der Waals surface area contributed by atoms with Gasteiger partial charge in [-0.05, 0) is 69.1 Å². The maximum absolute atomic E-state index is 13.1. The summed E-state index contributed by atoms with van der Waals surface area (Å²) in [7, 11) is -9.92. The Morgan fingerprint density at radius 1 is 0.344 bits per heavy atom. The van der Waals surface area contributed by atoms with Crippen molar-refractivity contribution < 1.29 is 80.2 Å². The number of esters is 4. The Labute approximate surface area is 586 Å². The number of hydrogen-bond acceptors (Lipinski definition) is 15. The third-order valence-electron chi connectivity index (χ3n) is 18.0. The second kappa shape index (κ2) is 67.1. The molecule has 566 valence electrons. The molecule has 4 unspecified atom stereocenters. The zero-order valence-electron chi connectivity index (χ0n) is 62.3. The van der Waals surface area contributed by atoms with E-state index in [4.69, 9.17) is 37.0 Å². The van der Waals surface area contributed by atoms with Gasteiger partial charge in [0.15, 0.2) is 12.2 Å². The smallest absolute Gasteiger partial charge is 0.462 e. The molecule has 0 aliphatic rings. The molecule has 0 radical (unpaired) electrons. The monoisotopic (exact) mass is 1410 g/mol. The number of allylic oxidation sites excluding steroid dienone is 4. The predicted molar refractivity (Wildman–Crippen MR) is 390 cm³/mol. The molecule has 0 saturated heterocycles. The van der Waals surface area contributed by atoms with Crippen molar-refractivity contribution in [3.63, 3.8) is 0 Å². The summed E-state index contributed by atoms with van der Waals surface area (Å²) in [5.41, 5.74) is 0. The van der Waals surface area contributed by atoms with Gasteiger partial charge in [-0.3, -0.25) is 37.3 Å². The molecule has 0 amide bonds. The fraction of sp³-hybridized carbons (Fsp3) is 0.896. The van der Waals surface area contributed by atoms with Gasteiger partial charge in [0.1, 0.15) is 19.3 Å². The zero-order valence-corrected chi connectivity index (χ0v) is 64.1. The standard InChI is InChI=1S/C77H146O17P2/c1-8-11-12-13-14-15-16-17-22-26-29-32-35-46-53-60-76(81)93-72(64-87-74(79)58-51-44-39-37-41-48-55-68(4)5)66-91-95(83,84)89-62-71(78)63-90-96(85,86)92-67-73(65-88-75(80)59-52-45-40-38-43-50-57-70(7)10-3)94-77(82)61-54-47-36-33-30-27-24-21-19-18-20-23-25-28-31-34-42-49-56-69(6)9-2/h15-17,22,68-73,78H,8-14,18-21,23-67H2,1-7H3,(H,83,84)(H,85,86)/b16-15-,22-17-/t69?,70?,71-,72-,73-/m1/s1. The number of hydrogen-bond donors (Lipinski definition) is 3. The highest BCUT2D eigenvalue weighted by molar-refractivity contribution is 7.47. The van der Waals surface area contributed by atoms with Gasteiger partial charge < -0.3 is 33.8 Å². The van der Waals surface area contributed by atoms with E-state index in [1.165, 1.54) is 154 Å². The number of phosphoric acid groups is 2. The van der Waals surface area contributed by atoms with Gasteiger partial charge in [0.05, 0.1) is 26.4 Å². The van der Waals surface area contributed by atoms with Crippen molar-refractivity contribution in [1.29, 1.82) is 0 Å². The molecular formula is C77H146O17P2. The Morgan fingerprint density at radius 2 is 0.615 bits per heavy atom. The minimum Gasteiger partial charge on any atom is -0.462 e. The molecule has 0 saturated carbocycles. The number of unbranched alkanes of at least 4 members (excludes halogenated alkanes) is 36. The second-order valence-corrected chi connectivity index (χ2v) is 30.9. The number of aliphatic hydroxyl groups is 1. The van der Waals surface area contributed by atoms with Crippen LogP contribution in [-0.4, -0.2) is 96.7 Å². The van der Waals surface area contributed by atoms with Crippen molar-refractivity contribution in [3.8, 4) is 0 Å². The first-order valence-corrected chi connectivity index (χ1v) is 42.2. The van der Waals surface area contributed by atoms with Crippen LogP contribution < -0.4 is 0 Å². The number of carbonyl (C=O) groups excluding carboxylic acids is 4. The molecule has 0 spiro atoms. The molecule has 0 fully saturated rings. The maximum atomic E-state index is 13.1. The number of ether oxygens (including phenoxy) is 4. The largest absolute Gasteiger partial charge is 0.472 e. The normalized spacial score (nSPS) is 14.8. The summed E-state index contributed by atoms with van der Waals surface area (Å²) >= 11 is 0. The highest BCUT2D eigenvalue weighted by atomic mass is 31.2. The molecule has 3 N–H and O–H groups in total. The van der Waals surface area contributed by atoms with Crippen molar-refractivity contribution in [3.05, 3.63) is 24.3 Å². The summed E-state index contributed by atoms with van der Waals surface area (Å²) in [4.78, 5) is 72.7. The van der Waals surface area contributed by atoms with Crippen LogP contribution in [0.4, 0.5) is 0 Å². The Hall–Kier alpha value is -2.46. The van der Waals surface area contributed by atoms with Crippen LogP contribution in [0, 0.1) is 17.8 Å². The molecule has 17 nitrogen and oxygen atoms in total. The minimum atomic E-state index is -4.96. The van der Waals surface area contributed by atoms with Crippen LogP contribution in [0.25, 0.3) is 0 Å². The molecule has 0 bridgehead atoms. The lowest BCUT2D eigenvalue weighted by Crippen LogP contribution is -2.30. The van der Waals surface area contributed by atoms with E-state index in [0.717, 1.165) is 127 Å². The third-order valence-corrected chi connectivity index (χ3v) is 19.9. The Bertz CT molecular complexity index is 1970. The summed E-state index contributed by atoms with van der Waals surface area (Å²) in [6.45, 7) is 11.8. The first-order chi connectivity index (χ1) is 46.3. The summed E-state index contributed by atoms with van der Waals surface area (Å²) in [5, 5.41) is 10.6. The van der Waals surface area contributed by atoms with Gasteiger partial charge in [-0.1, -0.05) is 317 Å². The van der Waals surface area contributed by atoms with Gasteiger partial charge in [-0.25, -0.2) is 9.13 Å². The van der Waals surface area contributed by atoms with Crippen molar-refractivity contribution in [2.75, 3.05) is 39.6 Å². The molecule has 0 aromatic heterocycles. The van der Waals surface area contributed by atoms with Crippen LogP contribution in [0.3, 0.4) is 0 Å². The number of rotatable bonds is 73. The average molecular weight is 1410 g/mol. The van der Waals surface area contributed by atoms with Crippen LogP contribution in [-0.2, 0) is 65.4 Å². The van der Waals surface area contributed by atoms with E-state index in [-0.39, 0.29) is 25.7 Å². The van der Waals surface area contributed by atoms with Crippen molar-refractivity contribution in [1.82, 2.24) is 0 Å². The minimum absolute atomic E-state index is 0.0836.